The Kier molecular flexibility index (Phi) is 9.13. The van der Waals surface area contributed by atoms with Gasteiger partial charge in [-0.2, -0.15) is 5.26 Å². The maximum Gasteiger partial charge on any atom is 0.303 e. The Labute approximate surface area is 268 Å². The number of carboxylic acid groups (broad SMARTS) is 1. The zero-order valence-electron chi connectivity index (χ0n) is 26.3. The number of hydrogen-bond donors (Lipinski definition) is 2. The van der Waals surface area contributed by atoms with E-state index in [2.05, 4.69) is 40.2 Å². The number of benzene rings is 3. The van der Waals surface area contributed by atoms with Crippen molar-refractivity contribution in [2.75, 3.05) is 13.2 Å². The minimum Gasteiger partial charge on any atom is -0.481 e. The van der Waals surface area contributed by atoms with Crippen LogP contribution in [0.3, 0.4) is 0 Å². The van der Waals surface area contributed by atoms with E-state index in [4.69, 9.17) is 9.72 Å². The summed E-state index contributed by atoms with van der Waals surface area (Å²) in [5.41, 5.74) is 8.17. The van der Waals surface area contributed by atoms with Gasteiger partial charge in [-0.1, -0.05) is 60.7 Å². The van der Waals surface area contributed by atoms with Crippen LogP contribution in [0, 0.1) is 31.1 Å². The van der Waals surface area contributed by atoms with Crippen molar-refractivity contribution in [3.63, 3.8) is 0 Å². The molecule has 234 valence electrons. The molecule has 1 aliphatic heterocycles. The number of aromatic nitrogens is 2. The number of fused-ring (bicyclic) bond motifs is 3. The van der Waals surface area contributed by atoms with Crippen molar-refractivity contribution in [2.45, 2.75) is 58.5 Å². The molecule has 8 heteroatoms. The van der Waals surface area contributed by atoms with E-state index in [1.165, 1.54) is 0 Å². The molecule has 1 aliphatic rings. The molecule has 0 saturated carbocycles. The maximum atomic E-state index is 13.7. The molecule has 1 unspecified atom stereocenters. The van der Waals surface area contributed by atoms with Gasteiger partial charge in [-0.15, -0.1) is 0 Å². The number of nitriles is 1. The monoisotopic (exact) mass is 614 g/mol. The molecule has 1 fully saturated rings. The van der Waals surface area contributed by atoms with Gasteiger partial charge in [0.1, 0.15) is 5.65 Å². The summed E-state index contributed by atoms with van der Waals surface area (Å²) in [4.78, 5) is 30.0. The molecule has 8 nitrogen and oxygen atoms in total. The molecule has 0 radical (unpaired) electrons. The molecule has 1 saturated heterocycles. The molecule has 0 bridgehead atoms. The summed E-state index contributed by atoms with van der Waals surface area (Å²) in [6, 6.07) is 26.2. The Morgan fingerprint density at radius 3 is 2.48 bits per heavy atom. The van der Waals surface area contributed by atoms with Gasteiger partial charge >= 0.3 is 5.97 Å². The van der Waals surface area contributed by atoms with Crippen LogP contribution < -0.4 is 5.32 Å². The Bertz CT molecular complexity index is 1930. The molecule has 2 N–H and O–H groups in total. The summed E-state index contributed by atoms with van der Waals surface area (Å²) >= 11 is 0. The minimum atomic E-state index is -0.837. The van der Waals surface area contributed by atoms with Crippen molar-refractivity contribution < 1.29 is 19.4 Å². The highest BCUT2D eigenvalue weighted by Crippen LogP contribution is 2.36. The number of nitrogens with zero attached hydrogens (tertiary/aromatic N) is 3. The fraction of sp³-hybridized carbons (Fsp3) is 0.316. The average molecular weight is 615 g/mol. The number of carboxylic acids is 1. The molecule has 46 heavy (non-hydrogen) atoms. The summed E-state index contributed by atoms with van der Waals surface area (Å²) in [5.74, 6) is -0.883. The first-order valence-electron chi connectivity index (χ1n) is 15.9. The van der Waals surface area contributed by atoms with Crippen molar-refractivity contribution in [1.82, 2.24) is 14.9 Å². The van der Waals surface area contributed by atoms with Gasteiger partial charge in [0.15, 0.2) is 0 Å². The quantitative estimate of drug-likeness (QED) is 0.184. The predicted octanol–water partition coefficient (Wildman–Crippen LogP) is 6.57. The van der Waals surface area contributed by atoms with E-state index in [1.54, 1.807) is 0 Å². The zero-order valence-corrected chi connectivity index (χ0v) is 26.3. The number of pyridine rings is 1. The molecule has 6 rings (SSSR count). The van der Waals surface area contributed by atoms with E-state index in [-0.39, 0.29) is 24.2 Å². The summed E-state index contributed by atoms with van der Waals surface area (Å²) < 4.78 is 7.76. The van der Waals surface area contributed by atoms with Crippen LogP contribution in [0.5, 0.6) is 0 Å². The normalized spacial score (nSPS) is 14.3. The van der Waals surface area contributed by atoms with Gasteiger partial charge in [0.05, 0.1) is 23.1 Å². The Morgan fingerprint density at radius 1 is 1.04 bits per heavy atom. The number of hydrogen-bond acceptors (Lipinski definition) is 5. The summed E-state index contributed by atoms with van der Waals surface area (Å²) in [6.07, 6.45) is 2.13. The van der Waals surface area contributed by atoms with E-state index < -0.39 is 5.97 Å². The van der Waals surface area contributed by atoms with Gasteiger partial charge in [0.25, 0.3) is 0 Å². The van der Waals surface area contributed by atoms with Crippen molar-refractivity contribution in [2.24, 2.45) is 5.92 Å². The highest BCUT2D eigenvalue weighted by Gasteiger charge is 2.31. The number of nitrogens with one attached hydrogen (secondary N) is 1. The number of aliphatic carboxylic acids is 1. The summed E-state index contributed by atoms with van der Waals surface area (Å²) in [5, 5.41) is 24.1. The van der Waals surface area contributed by atoms with Crippen molar-refractivity contribution in [3.8, 4) is 6.07 Å². The van der Waals surface area contributed by atoms with Crippen molar-refractivity contribution in [3.05, 3.63) is 112 Å². The lowest BCUT2D eigenvalue weighted by atomic mass is 9.80. The molecule has 3 aromatic carbocycles. The lowest BCUT2D eigenvalue weighted by molar-refractivity contribution is -0.137. The lowest BCUT2D eigenvalue weighted by Crippen LogP contribution is -2.35. The van der Waals surface area contributed by atoms with Crippen molar-refractivity contribution >= 4 is 33.8 Å². The highest BCUT2D eigenvalue weighted by molar-refractivity contribution is 6.09. The van der Waals surface area contributed by atoms with Crippen LogP contribution in [0.15, 0.2) is 72.8 Å². The van der Waals surface area contributed by atoms with Crippen LogP contribution in [0.25, 0.3) is 21.9 Å². The fourth-order valence-electron chi connectivity index (χ4n) is 6.90. The van der Waals surface area contributed by atoms with Crippen LogP contribution in [0.2, 0.25) is 0 Å². The number of carbonyl (C=O) groups is 2. The molecule has 0 spiro atoms. The predicted molar refractivity (Wildman–Crippen MR) is 178 cm³/mol. The van der Waals surface area contributed by atoms with Gasteiger partial charge in [-0.3, -0.25) is 9.59 Å². The molecule has 0 aliphatic carbocycles. The topological polar surface area (TPSA) is 117 Å². The van der Waals surface area contributed by atoms with Gasteiger partial charge in [0, 0.05) is 49.2 Å². The van der Waals surface area contributed by atoms with E-state index >= 15 is 0 Å². The molecule has 1 amide bonds. The lowest BCUT2D eigenvalue weighted by Gasteiger charge is -2.30. The number of ether oxygens (including phenoxy) is 1. The Balaban J connectivity index is 1.34. The molecule has 2 aromatic heterocycles. The smallest absolute Gasteiger partial charge is 0.303 e. The third-order valence-electron chi connectivity index (χ3n) is 9.30. The average Bonchev–Trinajstić information content (AvgIpc) is 3.37. The molecule has 1 atom stereocenters. The van der Waals surface area contributed by atoms with Gasteiger partial charge in [0.2, 0.25) is 5.91 Å². The third-order valence-corrected chi connectivity index (χ3v) is 9.30. The van der Waals surface area contributed by atoms with Crippen LogP contribution in [0.1, 0.15) is 64.3 Å². The van der Waals surface area contributed by atoms with Crippen LogP contribution in [0.4, 0.5) is 0 Å². The standard InChI is InChI=1S/C38H38N4O4/c1-24-31(14-15-34(43)44)25(2)41-37-35(24)32-13-10-28(21-39)20-33(32)42(37)23-27-8-11-29(12-9-27)36(30-16-18-46-19-17-30)38(45)40-22-26-6-4-3-5-7-26/h3-13,20,30,36H,14-19,22-23H2,1-2H3,(H,40,45)(H,43,44). The minimum absolute atomic E-state index is 0.0313. The number of aryl methyl sites for hydroxylation is 2. The van der Waals surface area contributed by atoms with E-state index in [1.807, 2.05) is 62.4 Å². The van der Waals surface area contributed by atoms with E-state index in [0.29, 0.717) is 38.3 Å². The van der Waals surface area contributed by atoms with Crippen LogP contribution >= 0.6 is 0 Å². The second-order valence-electron chi connectivity index (χ2n) is 12.2. The summed E-state index contributed by atoms with van der Waals surface area (Å²) in [6.45, 7) is 6.29. The van der Waals surface area contributed by atoms with Gasteiger partial charge in [-0.05, 0) is 79.0 Å². The number of amides is 1. The Morgan fingerprint density at radius 2 is 1.78 bits per heavy atom. The van der Waals surface area contributed by atoms with Crippen LogP contribution in [-0.2, 0) is 33.8 Å². The largest absolute Gasteiger partial charge is 0.481 e. The second-order valence-corrected chi connectivity index (χ2v) is 12.2. The third kappa shape index (κ3) is 6.37. The first-order valence-corrected chi connectivity index (χ1v) is 15.9. The molecule has 3 heterocycles. The van der Waals surface area contributed by atoms with Gasteiger partial charge in [-0.25, -0.2) is 4.98 Å². The first kappa shape index (κ1) is 31.0. The second kappa shape index (κ2) is 13.6. The van der Waals surface area contributed by atoms with E-state index in [0.717, 1.165) is 68.3 Å². The van der Waals surface area contributed by atoms with Gasteiger partial charge < -0.3 is 19.7 Å². The fourth-order valence-corrected chi connectivity index (χ4v) is 6.90. The summed E-state index contributed by atoms with van der Waals surface area (Å²) in [7, 11) is 0. The van der Waals surface area contributed by atoms with Crippen LogP contribution in [-0.4, -0.2) is 39.7 Å². The highest BCUT2D eigenvalue weighted by atomic mass is 16.5. The molecular weight excluding hydrogens is 576 g/mol. The van der Waals surface area contributed by atoms with Crippen molar-refractivity contribution in [1.29, 1.82) is 5.26 Å². The number of carbonyl (C=O) groups excluding carboxylic acids is 1. The maximum absolute atomic E-state index is 13.7. The van der Waals surface area contributed by atoms with E-state index in [9.17, 15) is 20.0 Å². The zero-order chi connectivity index (χ0) is 32.2. The molecule has 5 aromatic rings. The first-order chi connectivity index (χ1) is 22.3. The Hall–Kier alpha value is -5.00. The number of rotatable bonds is 10. The molecular formula is C38H38N4O4. The SMILES string of the molecule is Cc1nc2c(c(C)c1CCC(=O)O)c1ccc(C#N)cc1n2Cc1ccc(C(C(=O)NCc2ccccc2)C2CCOCC2)cc1.